The Kier molecular flexibility index (Phi) is 12.4. The minimum Gasteiger partial charge on any atom is -0.312 e. The number of carbonyl (C=O) groups excluding carboxylic acids is 3. The van der Waals surface area contributed by atoms with Gasteiger partial charge in [0.05, 0.1) is 18.2 Å². The molecule has 0 bridgehead atoms. The van der Waals surface area contributed by atoms with Crippen molar-refractivity contribution in [1.82, 2.24) is 10.2 Å². The van der Waals surface area contributed by atoms with Crippen LogP contribution < -0.4 is 5.32 Å². The lowest BCUT2D eigenvalue weighted by molar-refractivity contribution is -0.197. The van der Waals surface area contributed by atoms with Gasteiger partial charge in [0.15, 0.2) is 15.6 Å². The summed E-state index contributed by atoms with van der Waals surface area (Å²) in [5.41, 5.74) is 7.10. The zero-order valence-corrected chi connectivity index (χ0v) is 37.8. The molecular weight excluding hydrogens is 760 g/mol. The van der Waals surface area contributed by atoms with Crippen molar-refractivity contribution in [3.8, 4) is 0 Å². The topological polar surface area (TPSA) is 101 Å². The SMILES string of the molecule is CC(C)C1=C2C(CC1=O)[C@@H](NCCN1CCS(=O)(=O)CC1)C[C@]1(C)[C@@H]2CC[C@@H]2[C@@]3(C)CC=C(C4=CC[C@@](CF)(Cc5ccccc5)CC4)C(C)(C)[C@@H]3CC[C@]21C.O=C=O. The molecule has 1 saturated heterocycles. The number of sulfone groups is 1. The number of ketones is 1. The lowest BCUT2D eigenvalue weighted by atomic mass is 9.33. The number of carbonyl (C=O) groups is 1. The predicted octanol–water partition coefficient (Wildman–Crippen LogP) is 9.16. The molecular formula is C50H71FN2O5S. The van der Waals surface area contributed by atoms with Crippen LogP contribution in [-0.2, 0) is 30.6 Å². The third-order valence-corrected chi connectivity index (χ3v) is 19.6. The summed E-state index contributed by atoms with van der Waals surface area (Å²) in [6.07, 6.45) is 16.5. The van der Waals surface area contributed by atoms with Crippen LogP contribution in [0, 0.1) is 56.7 Å². The average molecular weight is 831 g/mol. The van der Waals surface area contributed by atoms with Crippen molar-refractivity contribution in [2.45, 2.75) is 125 Å². The third kappa shape index (κ3) is 7.76. The second-order valence-electron chi connectivity index (χ2n) is 21.5. The van der Waals surface area contributed by atoms with E-state index in [2.05, 4.69) is 95.1 Å². The Hall–Kier alpha value is -2.71. The first kappa shape index (κ1) is 44.3. The first-order valence-electron chi connectivity index (χ1n) is 22.8. The lowest BCUT2D eigenvalue weighted by Crippen LogP contribution is -2.65. The molecule has 3 saturated carbocycles. The van der Waals surface area contributed by atoms with Crippen LogP contribution >= 0.6 is 0 Å². The van der Waals surface area contributed by atoms with E-state index in [-0.39, 0.29) is 69.3 Å². The van der Waals surface area contributed by atoms with Crippen LogP contribution in [0.5, 0.6) is 0 Å². The maximum absolute atomic E-state index is 14.8. The van der Waals surface area contributed by atoms with Gasteiger partial charge < -0.3 is 10.2 Å². The maximum Gasteiger partial charge on any atom is 0.373 e. The van der Waals surface area contributed by atoms with Gasteiger partial charge in [-0.25, -0.2) is 8.42 Å². The molecule has 9 atom stereocenters. The highest BCUT2D eigenvalue weighted by Gasteiger charge is 2.69. The van der Waals surface area contributed by atoms with Gasteiger partial charge in [-0.15, -0.1) is 0 Å². The Labute approximate surface area is 354 Å². The molecule has 1 aliphatic heterocycles. The Morgan fingerprint density at radius 1 is 0.915 bits per heavy atom. The highest BCUT2D eigenvalue weighted by atomic mass is 32.2. The standard InChI is InChI=1S/C49H71FN2O3S.CO2/c1-33(2)43-40(53)29-36-39(51-23-24-52-25-27-56(54,55)28-26-52)31-48(7)38(44(36)43)13-14-42-46(5)19-17-37(45(3,4)41(46)18-20-47(42,48)6)35-15-21-49(32-50,22-16-35)30-34-11-9-8-10-12-34;2-1-3/h8-12,15,17,33,36,38-39,41-42,51H,13-14,16,18-32H2,1-7H3;/t36?,38-,39+,41+,42-,46+,47-,48-,49+;/m1./s1. The zero-order chi connectivity index (χ0) is 42.6. The van der Waals surface area contributed by atoms with Crippen molar-refractivity contribution in [2.75, 3.05) is 44.4 Å². The van der Waals surface area contributed by atoms with E-state index in [4.69, 9.17) is 9.59 Å². The fraction of sp³-hybridized carbons (Fsp3) is 0.720. The number of benzene rings is 1. The van der Waals surface area contributed by atoms with E-state index >= 15 is 0 Å². The predicted molar refractivity (Wildman–Crippen MR) is 232 cm³/mol. The maximum atomic E-state index is 14.8. The molecule has 1 N–H and O–H groups in total. The molecule has 7 aliphatic rings. The fourth-order valence-corrected chi connectivity index (χ4v) is 16.2. The van der Waals surface area contributed by atoms with Crippen LogP contribution in [-0.4, -0.2) is 75.7 Å². The molecule has 7 nitrogen and oxygen atoms in total. The highest BCUT2D eigenvalue weighted by Crippen LogP contribution is 2.75. The molecule has 324 valence electrons. The van der Waals surface area contributed by atoms with Crippen LogP contribution in [0.1, 0.15) is 118 Å². The number of Topliss-reactive ketones (excluding diaryl/α,β-unsaturated/α-hetero) is 1. The van der Waals surface area contributed by atoms with Gasteiger partial charge in [-0.1, -0.05) is 96.5 Å². The summed E-state index contributed by atoms with van der Waals surface area (Å²) in [6.45, 7) is 20.1. The summed E-state index contributed by atoms with van der Waals surface area (Å²) in [6, 6.07) is 10.8. The van der Waals surface area contributed by atoms with Crippen LogP contribution in [0.3, 0.4) is 0 Å². The monoisotopic (exact) mass is 831 g/mol. The first-order valence-corrected chi connectivity index (χ1v) is 24.6. The van der Waals surface area contributed by atoms with Gasteiger partial charge in [0.2, 0.25) is 0 Å². The molecule has 1 unspecified atom stereocenters. The van der Waals surface area contributed by atoms with Crippen molar-refractivity contribution in [3.63, 3.8) is 0 Å². The van der Waals surface area contributed by atoms with Gasteiger partial charge in [-0.2, -0.15) is 9.59 Å². The fourth-order valence-electron chi connectivity index (χ4n) is 14.9. The molecule has 59 heavy (non-hydrogen) atoms. The van der Waals surface area contributed by atoms with E-state index in [1.54, 1.807) is 5.57 Å². The minimum atomic E-state index is -2.90. The number of fused-ring (bicyclic) bond motifs is 7. The Bertz CT molecular complexity index is 1990. The van der Waals surface area contributed by atoms with Crippen LogP contribution in [0.4, 0.5) is 4.39 Å². The largest absolute Gasteiger partial charge is 0.373 e. The summed E-state index contributed by atoms with van der Waals surface area (Å²) < 4.78 is 39.0. The van der Waals surface area contributed by atoms with Gasteiger partial charge in [0.25, 0.3) is 0 Å². The zero-order valence-electron chi connectivity index (χ0n) is 37.0. The summed E-state index contributed by atoms with van der Waals surface area (Å²) in [5.74, 6) is 3.06. The second kappa shape index (κ2) is 16.5. The Balaban J connectivity index is 0.00000171. The lowest BCUT2D eigenvalue weighted by Gasteiger charge is -2.71. The number of rotatable bonds is 9. The van der Waals surface area contributed by atoms with E-state index in [0.717, 1.165) is 57.2 Å². The number of nitrogens with one attached hydrogen (secondary N) is 1. The van der Waals surface area contributed by atoms with E-state index in [1.807, 2.05) is 6.07 Å². The molecule has 1 aromatic rings. The third-order valence-electron chi connectivity index (χ3n) is 18.0. The van der Waals surface area contributed by atoms with Crippen molar-refractivity contribution in [1.29, 1.82) is 0 Å². The van der Waals surface area contributed by atoms with Crippen molar-refractivity contribution in [3.05, 3.63) is 70.3 Å². The highest BCUT2D eigenvalue weighted by molar-refractivity contribution is 7.91. The van der Waals surface area contributed by atoms with Crippen molar-refractivity contribution >= 4 is 21.8 Å². The number of allylic oxidation sites excluding steroid dienone is 5. The molecule has 8 rings (SSSR count). The van der Waals surface area contributed by atoms with Gasteiger partial charge in [-0.05, 0) is 132 Å². The summed E-state index contributed by atoms with van der Waals surface area (Å²) in [4.78, 5) is 32.4. The van der Waals surface area contributed by atoms with Gasteiger partial charge in [0.1, 0.15) is 0 Å². The summed E-state index contributed by atoms with van der Waals surface area (Å²) in [5, 5.41) is 4.04. The van der Waals surface area contributed by atoms with E-state index < -0.39 is 9.84 Å². The van der Waals surface area contributed by atoms with Crippen LogP contribution in [0.2, 0.25) is 0 Å². The molecule has 9 heteroatoms. The molecule has 0 amide bonds. The number of alkyl halides is 1. The smallest absolute Gasteiger partial charge is 0.312 e. The molecule has 6 aliphatic carbocycles. The summed E-state index contributed by atoms with van der Waals surface area (Å²) >= 11 is 0. The normalized spacial score (nSPS) is 38.7. The van der Waals surface area contributed by atoms with Gasteiger partial charge >= 0.3 is 6.15 Å². The van der Waals surface area contributed by atoms with E-state index in [9.17, 15) is 17.6 Å². The van der Waals surface area contributed by atoms with Crippen LogP contribution in [0.15, 0.2) is 64.8 Å². The van der Waals surface area contributed by atoms with E-state index in [1.165, 1.54) is 42.4 Å². The second-order valence-corrected chi connectivity index (χ2v) is 23.8. The van der Waals surface area contributed by atoms with Crippen molar-refractivity contribution < 1.29 is 27.2 Å². The minimum absolute atomic E-state index is 0.0494. The Morgan fingerprint density at radius 2 is 1.61 bits per heavy atom. The molecule has 0 radical (unpaired) electrons. The van der Waals surface area contributed by atoms with Gasteiger partial charge in [-0.3, -0.25) is 9.18 Å². The molecule has 0 spiro atoms. The molecule has 1 aromatic carbocycles. The van der Waals surface area contributed by atoms with Gasteiger partial charge in [0, 0.05) is 50.0 Å². The van der Waals surface area contributed by atoms with Crippen molar-refractivity contribution in [2.24, 2.45) is 56.7 Å². The molecule has 0 aromatic heterocycles. The van der Waals surface area contributed by atoms with E-state index in [0.29, 0.717) is 43.0 Å². The number of hydrogen-bond acceptors (Lipinski definition) is 7. The summed E-state index contributed by atoms with van der Waals surface area (Å²) in [7, 11) is -2.90. The number of nitrogens with zero attached hydrogens (tertiary/aromatic N) is 1. The number of halogens is 1. The Morgan fingerprint density at radius 3 is 2.24 bits per heavy atom. The molecule has 1 heterocycles. The first-order chi connectivity index (χ1) is 27.9. The quantitative estimate of drug-likeness (QED) is 0.265. The molecule has 4 fully saturated rings. The van der Waals surface area contributed by atoms with Crippen LogP contribution in [0.25, 0.3) is 0 Å². The average Bonchev–Trinajstić information content (AvgIpc) is 3.54. The number of hydrogen-bond donors (Lipinski definition) is 1.